The van der Waals surface area contributed by atoms with E-state index in [0.29, 0.717) is 18.7 Å². The van der Waals surface area contributed by atoms with Gasteiger partial charge in [-0.1, -0.05) is 38.1 Å². The van der Waals surface area contributed by atoms with Crippen LogP contribution in [0.2, 0.25) is 0 Å². The maximum Gasteiger partial charge on any atom is 0.274 e. The van der Waals surface area contributed by atoms with Crippen molar-refractivity contribution >= 4 is 28.3 Å². The second-order valence-corrected chi connectivity index (χ2v) is 9.17. The molecule has 2 aromatic carbocycles. The molecule has 172 valence electrons. The highest BCUT2D eigenvalue weighted by molar-refractivity contribution is 7.15. The van der Waals surface area contributed by atoms with Crippen molar-refractivity contribution in [3.8, 4) is 10.4 Å². The van der Waals surface area contributed by atoms with E-state index in [1.54, 1.807) is 12.1 Å². The van der Waals surface area contributed by atoms with Crippen molar-refractivity contribution in [2.75, 3.05) is 6.54 Å². The Morgan fingerprint density at radius 1 is 1.12 bits per heavy atom. The lowest BCUT2D eigenvalue weighted by molar-refractivity contribution is 0.0607. The topological polar surface area (TPSA) is 61.9 Å². The fraction of sp³-hybridized carbons (Fsp3) is 0.346. The number of benzene rings is 2. The predicted octanol–water partition coefficient (Wildman–Crippen LogP) is 6.40. The van der Waals surface area contributed by atoms with Crippen molar-refractivity contribution in [3.05, 3.63) is 70.9 Å². The van der Waals surface area contributed by atoms with Gasteiger partial charge >= 0.3 is 0 Å². The molecule has 1 N–H and O–H groups in total. The molecule has 5 rings (SSSR count). The van der Waals surface area contributed by atoms with E-state index < -0.39 is 0 Å². The van der Waals surface area contributed by atoms with E-state index in [1.807, 2.05) is 49.9 Å². The van der Waals surface area contributed by atoms with Crippen LogP contribution < -0.4 is 0 Å². The minimum atomic E-state index is -0.292. The molecule has 7 heteroatoms. The summed E-state index contributed by atoms with van der Waals surface area (Å²) in [6.07, 6.45) is 3.71. The minimum Gasteiger partial charge on any atom is -0.342 e. The van der Waals surface area contributed by atoms with Crippen molar-refractivity contribution in [3.63, 3.8) is 0 Å². The van der Waals surface area contributed by atoms with Crippen molar-refractivity contribution in [2.24, 2.45) is 0 Å². The Hall–Kier alpha value is -3.06. The van der Waals surface area contributed by atoms with Gasteiger partial charge in [-0.05, 0) is 56.0 Å². The van der Waals surface area contributed by atoms with Crippen molar-refractivity contribution in [1.29, 1.82) is 0 Å². The Morgan fingerprint density at radius 2 is 1.88 bits per heavy atom. The van der Waals surface area contributed by atoms with Crippen LogP contribution >= 0.6 is 11.3 Å². The average Bonchev–Trinajstić information content (AvgIpc) is 3.43. The number of fused-ring (bicyclic) bond motifs is 1. The number of halogens is 1. The maximum atomic E-state index is 13.6. The van der Waals surface area contributed by atoms with Gasteiger partial charge in [-0.2, -0.15) is 0 Å². The quantitative estimate of drug-likeness (QED) is 0.380. The minimum absolute atomic E-state index is 0.0514. The van der Waals surface area contributed by atoms with Crippen LogP contribution in [0.1, 0.15) is 54.4 Å². The Morgan fingerprint density at radius 3 is 2.64 bits per heavy atom. The molecule has 0 bridgehead atoms. The van der Waals surface area contributed by atoms with Crippen LogP contribution in [0.15, 0.2) is 48.5 Å². The fourth-order valence-corrected chi connectivity index (χ4v) is 5.23. The summed E-state index contributed by atoms with van der Waals surface area (Å²) in [6.45, 7) is 6.61. The van der Waals surface area contributed by atoms with E-state index in [1.165, 1.54) is 23.5 Å². The molecule has 5 nitrogen and oxygen atoms in total. The summed E-state index contributed by atoms with van der Waals surface area (Å²) in [4.78, 5) is 29.0. The molecule has 0 saturated carbocycles. The SMILES string of the molecule is CC.Cc1nc(C(=O)N2CCCCC2Cc2nc3ccccc3[nH]2)c(-c2ccc(F)cc2)s1. The van der Waals surface area contributed by atoms with Crippen LogP contribution in [0.3, 0.4) is 0 Å². The van der Waals surface area contributed by atoms with Gasteiger partial charge in [-0.3, -0.25) is 4.79 Å². The molecule has 33 heavy (non-hydrogen) atoms. The third-order valence-electron chi connectivity index (χ3n) is 5.80. The molecule has 0 radical (unpaired) electrons. The summed E-state index contributed by atoms with van der Waals surface area (Å²) >= 11 is 1.47. The standard InChI is InChI=1S/C24H23FN4OS.C2H6/c1-15-26-22(23(31-15)16-9-11-17(25)12-10-16)24(30)29-13-5-4-6-18(29)14-21-27-19-7-2-3-8-20(19)28-21;1-2/h2-3,7-12,18H,4-6,13-14H2,1H3,(H,27,28);1-2H3. The number of nitrogens with one attached hydrogen (secondary N) is 1. The number of thiazole rings is 1. The molecule has 4 aromatic rings. The number of aromatic amines is 1. The number of likely N-dealkylation sites (tertiary alicyclic amines) is 1. The van der Waals surface area contributed by atoms with Crippen LogP contribution in [0, 0.1) is 12.7 Å². The van der Waals surface area contributed by atoms with Crippen molar-refractivity contribution in [1.82, 2.24) is 19.9 Å². The number of para-hydroxylation sites is 2. The normalized spacial score (nSPS) is 15.9. The van der Waals surface area contributed by atoms with Crippen LogP contribution in [0.4, 0.5) is 4.39 Å². The molecule has 0 aliphatic carbocycles. The molecule has 1 aliphatic rings. The summed E-state index contributed by atoms with van der Waals surface area (Å²) in [5, 5.41) is 0.827. The lowest BCUT2D eigenvalue weighted by Gasteiger charge is -2.35. The number of piperidine rings is 1. The first-order valence-corrected chi connectivity index (χ1v) is 12.4. The molecule has 1 fully saturated rings. The number of carbonyl (C=O) groups excluding carboxylic acids is 1. The predicted molar refractivity (Wildman–Crippen MR) is 132 cm³/mol. The Bertz CT molecular complexity index is 1200. The van der Waals surface area contributed by atoms with Crippen LogP contribution in [0.5, 0.6) is 0 Å². The fourth-order valence-electron chi connectivity index (χ4n) is 4.31. The zero-order valence-corrected chi connectivity index (χ0v) is 20.1. The van der Waals surface area contributed by atoms with Gasteiger partial charge in [0.2, 0.25) is 0 Å². The number of H-pyrrole nitrogens is 1. The summed E-state index contributed by atoms with van der Waals surface area (Å²) in [5.41, 5.74) is 3.24. The number of aromatic nitrogens is 3. The maximum absolute atomic E-state index is 13.6. The highest BCUT2D eigenvalue weighted by Gasteiger charge is 2.31. The van der Waals surface area contributed by atoms with Gasteiger partial charge in [0.1, 0.15) is 17.3 Å². The molecule has 1 amide bonds. The number of imidazole rings is 1. The Labute approximate surface area is 197 Å². The number of nitrogens with zero attached hydrogens (tertiary/aromatic N) is 3. The molecular weight excluding hydrogens is 435 g/mol. The van der Waals surface area contributed by atoms with Crippen LogP contribution in [-0.2, 0) is 6.42 Å². The van der Waals surface area contributed by atoms with E-state index in [2.05, 4.69) is 9.97 Å². The van der Waals surface area contributed by atoms with Gasteiger partial charge in [0, 0.05) is 19.0 Å². The zero-order valence-electron chi connectivity index (χ0n) is 19.3. The van der Waals surface area contributed by atoms with Gasteiger partial charge in [0.25, 0.3) is 5.91 Å². The summed E-state index contributed by atoms with van der Waals surface area (Å²) < 4.78 is 13.4. The Kier molecular flexibility index (Phi) is 7.18. The number of aryl methyl sites for hydroxylation is 1. The number of carbonyl (C=O) groups is 1. The van der Waals surface area contributed by atoms with Gasteiger partial charge in [-0.15, -0.1) is 11.3 Å². The first-order chi connectivity index (χ1) is 16.1. The highest BCUT2D eigenvalue weighted by Crippen LogP contribution is 2.33. The average molecular weight is 465 g/mol. The number of rotatable bonds is 4. The monoisotopic (exact) mass is 464 g/mol. The summed E-state index contributed by atoms with van der Waals surface area (Å²) in [6, 6.07) is 14.3. The van der Waals surface area contributed by atoms with E-state index in [9.17, 15) is 9.18 Å². The first-order valence-electron chi connectivity index (χ1n) is 11.6. The number of amides is 1. The van der Waals surface area contributed by atoms with Crippen LogP contribution in [-0.4, -0.2) is 38.3 Å². The molecule has 3 heterocycles. The Balaban J connectivity index is 0.00000126. The smallest absolute Gasteiger partial charge is 0.274 e. The molecule has 1 aliphatic heterocycles. The number of hydrogen-bond acceptors (Lipinski definition) is 4. The van der Waals surface area contributed by atoms with E-state index >= 15 is 0 Å². The molecule has 0 spiro atoms. The second-order valence-electron chi connectivity index (χ2n) is 7.97. The molecule has 2 aromatic heterocycles. The van der Waals surface area contributed by atoms with Gasteiger partial charge in [0.15, 0.2) is 0 Å². The largest absolute Gasteiger partial charge is 0.342 e. The van der Waals surface area contributed by atoms with Gasteiger partial charge < -0.3 is 9.88 Å². The molecule has 1 atom stereocenters. The molecule has 1 saturated heterocycles. The summed E-state index contributed by atoms with van der Waals surface area (Å²) in [7, 11) is 0. The first kappa shape index (κ1) is 23.1. The zero-order chi connectivity index (χ0) is 23.4. The lowest BCUT2D eigenvalue weighted by atomic mass is 9.98. The van der Waals surface area contributed by atoms with Gasteiger partial charge in [0.05, 0.1) is 20.9 Å². The van der Waals surface area contributed by atoms with Gasteiger partial charge in [-0.25, -0.2) is 14.4 Å². The van der Waals surface area contributed by atoms with E-state index in [-0.39, 0.29) is 17.8 Å². The van der Waals surface area contributed by atoms with Crippen LogP contribution in [0.25, 0.3) is 21.5 Å². The molecular formula is C26H29FN4OS. The van der Waals surface area contributed by atoms with E-state index in [0.717, 1.165) is 51.6 Å². The van der Waals surface area contributed by atoms with Crippen molar-refractivity contribution in [2.45, 2.75) is 52.5 Å². The third-order valence-corrected chi connectivity index (χ3v) is 6.82. The van der Waals surface area contributed by atoms with E-state index in [4.69, 9.17) is 4.98 Å². The second kappa shape index (κ2) is 10.3. The summed E-state index contributed by atoms with van der Waals surface area (Å²) in [5.74, 6) is 0.559. The third kappa shape index (κ3) is 4.98. The van der Waals surface area contributed by atoms with Crippen molar-refractivity contribution < 1.29 is 9.18 Å². The number of hydrogen-bond donors (Lipinski definition) is 1. The lowest BCUT2D eigenvalue weighted by Crippen LogP contribution is -2.45. The highest BCUT2D eigenvalue weighted by atomic mass is 32.1. The molecule has 1 unspecified atom stereocenters.